The summed E-state index contributed by atoms with van der Waals surface area (Å²) < 4.78 is 5.31. The quantitative estimate of drug-likeness (QED) is 0.689. The summed E-state index contributed by atoms with van der Waals surface area (Å²) in [5.74, 6) is 2.90. The molecule has 1 rings (SSSR count). The van der Waals surface area contributed by atoms with E-state index in [2.05, 4.69) is 16.5 Å². The number of hydrogen-bond donors (Lipinski definition) is 0. The van der Waals surface area contributed by atoms with Gasteiger partial charge in [-0.05, 0) is 6.26 Å². The van der Waals surface area contributed by atoms with Crippen molar-refractivity contribution in [1.82, 2.24) is 10.2 Å². The van der Waals surface area contributed by atoms with Crippen molar-refractivity contribution in [1.29, 1.82) is 0 Å². The topological polar surface area (TPSA) is 38.9 Å². The molecule has 0 aliphatic heterocycles. The van der Waals surface area contributed by atoms with Crippen LogP contribution in [0.15, 0.2) is 4.42 Å². The zero-order valence-corrected chi connectivity index (χ0v) is 8.49. The Morgan fingerprint density at radius 3 is 2.58 bits per heavy atom. The molecule has 0 amide bonds. The predicted molar refractivity (Wildman–Crippen MR) is 50.8 cm³/mol. The van der Waals surface area contributed by atoms with E-state index in [0.717, 1.165) is 12.2 Å². The molecule has 1 heterocycles. The van der Waals surface area contributed by atoms with Gasteiger partial charge in [-0.15, -0.1) is 21.8 Å². The van der Waals surface area contributed by atoms with Crippen LogP contribution in [-0.2, 0) is 12.8 Å². The van der Waals surface area contributed by atoms with Gasteiger partial charge in [0.1, 0.15) is 0 Å². The Morgan fingerprint density at radius 2 is 2.00 bits per heavy atom. The third-order valence-electron chi connectivity index (χ3n) is 1.34. The minimum atomic E-state index is 0.532. The highest BCUT2D eigenvalue weighted by atomic mass is 35.5. The first kappa shape index (κ1) is 9.86. The summed E-state index contributed by atoms with van der Waals surface area (Å²) in [6.07, 6.45) is 3.56. The fourth-order valence-corrected chi connectivity index (χ4v) is 1.30. The molecular formula is C7H11ClN2OS. The Bertz CT molecular complexity index is 229. The zero-order chi connectivity index (χ0) is 8.81. The van der Waals surface area contributed by atoms with Crippen LogP contribution in [0.25, 0.3) is 0 Å². The molecule has 0 aromatic carbocycles. The first-order valence-electron chi connectivity index (χ1n) is 3.73. The van der Waals surface area contributed by atoms with Gasteiger partial charge in [0.05, 0.1) is 0 Å². The molecule has 0 spiro atoms. The third kappa shape index (κ3) is 3.03. The van der Waals surface area contributed by atoms with Crippen LogP contribution in [0, 0.1) is 0 Å². The molecule has 0 aliphatic carbocycles. The van der Waals surface area contributed by atoms with Gasteiger partial charge < -0.3 is 4.42 Å². The standard InChI is InChI=1S/C7H11ClN2OS/c1-12-5-3-7-10-9-6(11-7)2-4-8/h2-5H2,1H3. The Balaban J connectivity index is 2.41. The molecule has 0 radical (unpaired) electrons. The first-order valence-corrected chi connectivity index (χ1v) is 5.66. The number of halogens is 1. The van der Waals surface area contributed by atoms with Crippen molar-refractivity contribution in [2.75, 3.05) is 17.9 Å². The van der Waals surface area contributed by atoms with Crippen molar-refractivity contribution in [2.45, 2.75) is 12.8 Å². The molecule has 1 aromatic heterocycles. The van der Waals surface area contributed by atoms with E-state index in [9.17, 15) is 0 Å². The van der Waals surface area contributed by atoms with Gasteiger partial charge in [0.15, 0.2) is 0 Å². The van der Waals surface area contributed by atoms with Crippen molar-refractivity contribution >= 4 is 23.4 Å². The Kier molecular flexibility index (Phi) is 4.46. The van der Waals surface area contributed by atoms with Crippen molar-refractivity contribution in [3.05, 3.63) is 11.8 Å². The second-order valence-corrected chi connectivity index (χ2v) is 3.63. The number of alkyl halides is 1. The van der Waals surface area contributed by atoms with Crippen LogP contribution < -0.4 is 0 Å². The van der Waals surface area contributed by atoms with Crippen LogP contribution in [0.3, 0.4) is 0 Å². The number of hydrogen-bond acceptors (Lipinski definition) is 4. The predicted octanol–water partition coefficient (Wildman–Crippen LogP) is 1.76. The lowest BCUT2D eigenvalue weighted by Crippen LogP contribution is -1.86. The molecule has 0 saturated carbocycles. The molecule has 0 bridgehead atoms. The van der Waals surface area contributed by atoms with Gasteiger partial charge in [0.2, 0.25) is 11.8 Å². The summed E-state index contributed by atoms with van der Waals surface area (Å²) >= 11 is 7.28. The van der Waals surface area contributed by atoms with E-state index in [-0.39, 0.29) is 0 Å². The van der Waals surface area contributed by atoms with E-state index in [0.29, 0.717) is 24.1 Å². The second kappa shape index (κ2) is 5.43. The highest BCUT2D eigenvalue weighted by Gasteiger charge is 2.03. The molecule has 1 aromatic rings. The second-order valence-electron chi connectivity index (χ2n) is 2.27. The highest BCUT2D eigenvalue weighted by molar-refractivity contribution is 7.98. The average Bonchev–Trinajstić information content (AvgIpc) is 2.50. The minimum absolute atomic E-state index is 0.532. The molecule has 3 nitrogen and oxygen atoms in total. The zero-order valence-electron chi connectivity index (χ0n) is 6.92. The van der Waals surface area contributed by atoms with Gasteiger partial charge in [-0.2, -0.15) is 11.8 Å². The van der Waals surface area contributed by atoms with Gasteiger partial charge in [-0.25, -0.2) is 0 Å². The summed E-state index contributed by atoms with van der Waals surface area (Å²) in [6.45, 7) is 0. The fraction of sp³-hybridized carbons (Fsp3) is 0.714. The van der Waals surface area contributed by atoms with E-state index in [1.807, 2.05) is 0 Å². The number of thioether (sulfide) groups is 1. The van der Waals surface area contributed by atoms with Gasteiger partial charge in [-0.1, -0.05) is 0 Å². The molecular weight excluding hydrogens is 196 g/mol. The van der Waals surface area contributed by atoms with E-state index in [4.69, 9.17) is 16.0 Å². The van der Waals surface area contributed by atoms with Crippen LogP contribution >= 0.6 is 23.4 Å². The number of nitrogens with zero attached hydrogens (tertiary/aromatic N) is 2. The van der Waals surface area contributed by atoms with Crippen LogP contribution in [0.2, 0.25) is 0 Å². The van der Waals surface area contributed by atoms with Crippen LogP contribution in [-0.4, -0.2) is 28.1 Å². The van der Waals surface area contributed by atoms with Gasteiger partial charge in [0, 0.05) is 24.5 Å². The largest absolute Gasteiger partial charge is 0.425 e. The average molecular weight is 207 g/mol. The van der Waals surface area contributed by atoms with Gasteiger partial charge >= 0.3 is 0 Å². The number of aromatic nitrogens is 2. The SMILES string of the molecule is CSCCc1nnc(CCCl)o1. The Labute approximate surface area is 80.9 Å². The maximum Gasteiger partial charge on any atom is 0.217 e. The summed E-state index contributed by atoms with van der Waals surface area (Å²) in [6, 6.07) is 0. The maximum atomic E-state index is 5.52. The van der Waals surface area contributed by atoms with Crippen molar-refractivity contribution in [2.24, 2.45) is 0 Å². The van der Waals surface area contributed by atoms with E-state index in [1.54, 1.807) is 11.8 Å². The van der Waals surface area contributed by atoms with Crippen molar-refractivity contribution in [3.8, 4) is 0 Å². The Morgan fingerprint density at radius 1 is 1.33 bits per heavy atom. The molecule has 0 unspecified atom stereocenters. The van der Waals surface area contributed by atoms with Crippen LogP contribution in [0.1, 0.15) is 11.8 Å². The molecule has 0 atom stereocenters. The molecule has 5 heteroatoms. The lowest BCUT2D eigenvalue weighted by atomic mass is 10.5. The van der Waals surface area contributed by atoms with E-state index < -0.39 is 0 Å². The van der Waals surface area contributed by atoms with Gasteiger partial charge in [-0.3, -0.25) is 0 Å². The van der Waals surface area contributed by atoms with Gasteiger partial charge in [0.25, 0.3) is 0 Å². The highest BCUT2D eigenvalue weighted by Crippen LogP contribution is 2.04. The molecule has 0 aliphatic rings. The lowest BCUT2D eigenvalue weighted by molar-refractivity contribution is 0.460. The van der Waals surface area contributed by atoms with E-state index in [1.165, 1.54) is 0 Å². The first-order chi connectivity index (χ1) is 5.86. The lowest BCUT2D eigenvalue weighted by Gasteiger charge is -1.89. The third-order valence-corrected chi connectivity index (χ3v) is 2.14. The number of rotatable bonds is 5. The minimum Gasteiger partial charge on any atom is -0.425 e. The summed E-state index contributed by atoms with van der Waals surface area (Å²) in [5.41, 5.74) is 0. The molecule has 68 valence electrons. The summed E-state index contributed by atoms with van der Waals surface area (Å²) in [5, 5.41) is 7.73. The fourth-order valence-electron chi connectivity index (χ4n) is 0.761. The maximum absolute atomic E-state index is 5.52. The normalized spacial score (nSPS) is 10.5. The van der Waals surface area contributed by atoms with E-state index >= 15 is 0 Å². The van der Waals surface area contributed by atoms with Crippen LogP contribution in [0.5, 0.6) is 0 Å². The summed E-state index contributed by atoms with van der Waals surface area (Å²) in [4.78, 5) is 0. The van der Waals surface area contributed by atoms with Crippen LogP contribution in [0.4, 0.5) is 0 Å². The molecule has 0 saturated heterocycles. The number of aryl methyl sites for hydroxylation is 2. The molecule has 0 N–H and O–H groups in total. The Hall–Kier alpha value is -0.220. The van der Waals surface area contributed by atoms with Crippen molar-refractivity contribution in [3.63, 3.8) is 0 Å². The monoisotopic (exact) mass is 206 g/mol. The smallest absolute Gasteiger partial charge is 0.217 e. The molecule has 12 heavy (non-hydrogen) atoms. The van der Waals surface area contributed by atoms with Crippen molar-refractivity contribution < 1.29 is 4.42 Å². The summed E-state index contributed by atoms with van der Waals surface area (Å²) in [7, 11) is 0. The molecule has 0 fully saturated rings.